The third-order valence-corrected chi connectivity index (χ3v) is 6.29. The summed E-state index contributed by atoms with van der Waals surface area (Å²) in [5.74, 6) is 2.02. The summed E-state index contributed by atoms with van der Waals surface area (Å²) in [6.45, 7) is 4.09. The highest BCUT2D eigenvalue weighted by Crippen LogP contribution is 2.37. The zero-order valence-corrected chi connectivity index (χ0v) is 15.5. The van der Waals surface area contributed by atoms with E-state index in [2.05, 4.69) is 15.5 Å². The SMILES string of the molecule is CNC1CCCC1(N)c1nc2c(c(N3CCCCCC3)n1)CNCC2. The lowest BCUT2D eigenvalue weighted by atomic mass is 9.92. The lowest BCUT2D eigenvalue weighted by molar-refractivity contribution is 0.340. The average molecular weight is 345 g/mol. The predicted octanol–water partition coefficient (Wildman–Crippen LogP) is 1.43. The quantitative estimate of drug-likeness (QED) is 0.770. The van der Waals surface area contributed by atoms with Gasteiger partial charge in [-0.05, 0) is 39.2 Å². The van der Waals surface area contributed by atoms with E-state index in [1.165, 1.54) is 36.9 Å². The van der Waals surface area contributed by atoms with Crippen molar-refractivity contribution < 1.29 is 0 Å². The molecule has 4 rings (SSSR count). The van der Waals surface area contributed by atoms with Crippen molar-refractivity contribution in [2.45, 2.75) is 69.5 Å². The van der Waals surface area contributed by atoms with Crippen LogP contribution in [0.25, 0.3) is 0 Å². The van der Waals surface area contributed by atoms with Crippen LogP contribution >= 0.6 is 0 Å². The second kappa shape index (κ2) is 7.17. The summed E-state index contributed by atoms with van der Waals surface area (Å²) in [6, 6.07) is 0.268. The largest absolute Gasteiger partial charge is 0.356 e. The second-order valence-electron chi connectivity index (χ2n) is 7.90. The highest BCUT2D eigenvalue weighted by Gasteiger charge is 2.43. The third-order valence-electron chi connectivity index (χ3n) is 6.29. The molecule has 25 heavy (non-hydrogen) atoms. The maximum absolute atomic E-state index is 6.88. The molecule has 6 heteroatoms. The molecule has 0 bridgehead atoms. The van der Waals surface area contributed by atoms with Gasteiger partial charge in [0.1, 0.15) is 5.82 Å². The maximum Gasteiger partial charge on any atom is 0.152 e. The van der Waals surface area contributed by atoms with E-state index < -0.39 is 5.54 Å². The summed E-state index contributed by atoms with van der Waals surface area (Å²) in [6.07, 6.45) is 9.37. The topological polar surface area (TPSA) is 79.1 Å². The van der Waals surface area contributed by atoms with Crippen molar-refractivity contribution in [3.05, 3.63) is 17.1 Å². The van der Waals surface area contributed by atoms with Crippen LogP contribution in [0.1, 0.15) is 62.0 Å². The van der Waals surface area contributed by atoms with E-state index in [1.54, 1.807) is 0 Å². The summed E-state index contributed by atoms with van der Waals surface area (Å²) < 4.78 is 0. The number of fused-ring (bicyclic) bond motifs is 1. The Morgan fingerprint density at radius 3 is 2.72 bits per heavy atom. The summed E-state index contributed by atoms with van der Waals surface area (Å²) in [4.78, 5) is 12.6. The number of nitrogens with zero attached hydrogens (tertiary/aromatic N) is 3. The molecule has 0 amide bonds. The molecule has 2 aliphatic heterocycles. The van der Waals surface area contributed by atoms with E-state index in [0.29, 0.717) is 0 Å². The Morgan fingerprint density at radius 2 is 1.96 bits per heavy atom. The van der Waals surface area contributed by atoms with Crippen LogP contribution in [0, 0.1) is 0 Å². The highest BCUT2D eigenvalue weighted by molar-refractivity contribution is 5.51. The standard InChI is InChI=1S/C19H32N6/c1-21-16-7-6-9-19(16,20)18-23-15-8-10-22-13-14(15)17(24-18)25-11-4-2-3-5-12-25/h16,21-22H,2-13,20H2,1H3. The predicted molar refractivity (Wildman–Crippen MR) is 101 cm³/mol. The monoisotopic (exact) mass is 344 g/mol. The summed E-state index contributed by atoms with van der Waals surface area (Å²) >= 11 is 0. The molecule has 2 unspecified atom stereocenters. The fraction of sp³-hybridized carbons (Fsp3) is 0.789. The van der Waals surface area contributed by atoms with Crippen LogP contribution in [0.2, 0.25) is 0 Å². The van der Waals surface area contributed by atoms with E-state index in [1.807, 2.05) is 7.05 Å². The normalized spacial score (nSPS) is 30.2. The highest BCUT2D eigenvalue weighted by atomic mass is 15.2. The van der Waals surface area contributed by atoms with Crippen molar-refractivity contribution in [2.75, 3.05) is 31.6 Å². The molecule has 1 aliphatic carbocycles. The van der Waals surface area contributed by atoms with Gasteiger partial charge in [-0.1, -0.05) is 12.8 Å². The molecular weight excluding hydrogens is 312 g/mol. The summed E-state index contributed by atoms with van der Waals surface area (Å²) in [5, 5.41) is 6.92. The fourth-order valence-corrected chi connectivity index (χ4v) is 4.78. The van der Waals surface area contributed by atoms with E-state index in [4.69, 9.17) is 15.7 Å². The van der Waals surface area contributed by atoms with Crippen LogP contribution in [0.15, 0.2) is 0 Å². The van der Waals surface area contributed by atoms with Gasteiger partial charge in [0.2, 0.25) is 0 Å². The van der Waals surface area contributed by atoms with E-state index in [9.17, 15) is 0 Å². The van der Waals surface area contributed by atoms with Crippen LogP contribution in [-0.4, -0.2) is 42.7 Å². The molecule has 2 fully saturated rings. The Bertz CT molecular complexity index is 610. The zero-order chi connectivity index (χ0) is 17.3. The fourth-order valence-electron chi connectivity index (χ4n) is 4.78. The second-order valence-corrected chi connectivity index (χ2v) is 7.90. The van der Waals surface area contributed by atoms with E-state index in [-0.39, 0.29) is 6.04 Å². The van der Waals surface area contributed by atoms with Gasteiger partial charge in [-0.15, -0.1) is 0 Å². The number of nitrogens with one attached hydrogen (secondary N) is 2. The van der Waals surface area contributed by atoms with Crippen molar-refractivity contribution in [3.8, 4) is 0 Å². The molecule has 6 nitrogen and oxygen atoms in total. The van der Waals surface area contributed by atoms with Gasteiger partial charge in [-0.3, -0.25) is 0 Å². The number of nitrogens with two attached hydrogens (primary N) is 1. The molecule has 3 aliphatic rings. The minimum atomic E-state index is -0.435. The van der Waals surface area contributed by atoms with Crippen LogP contribution in [0.4, 0.5) is 5.82 Å². The minimum absolute atomic E-state index is 0.268. The Hall–Kier alpha value is -1.24. The summed E-state index contributed by atoms with van der Waals surface area (Å²) in [5.41, 5.74) is 8.96. The van der Waals surface area contributed by atoms with Crippen LogP contribution in [0.5, 0.6) is 0 Å². The molecule has 1 aromatic rings. The van der Waals surface area contributed by atoms with Crippen molar-refractivity contribution in [1.82, 2.24) is 20.6 Å². The molecule has 2 atom stereocenters. The third kappa shape index (κ3) is 3.15. The van der Waals surface area contributed by atoms with Crippen molar-refractivity contribution >= 4 is 5.82 Å². The van der Waals surface area contributed by atoms with Gasteiger partial charge in [0.25, 0.3) is 0 Å². The smallest absolute Gasteiger partial charge is 0.152 e. The van der Waals surface area contributed by atoms with Gasteiger partial charge in [0.15, 0.2) is 5.82 Å². The Kier molecular flexibility index (Phi) is 4.93. The maximum atomic E-state index is 6.88. The molecule has 0 radical (unpaired) electrons. The van der Waals surface area contributed by atoms with E-state index >= 15 is 0 Å². The first kappa shape index (κ1) is 17.2. The van der Waals surface area contributed by atoms with Gasteiger partial charge < -0.3 is 21.3 Å². The molecule has 0 aromatic carbocycles. The minimum Gasteiger partial charge on any atom is -0.356 e. The van der Waals surface area contributed by atoms with Gasteiger partial charge >= 0.3 is 0 Å². The molecule has 138 valence electrons. The number of likely N-dealkylation sites (N-methyl/N-ethyl adjacent to an activating group) is 1. The van der Waals surface area contributed by atoms with Gasteiger partial charge in [0, 0.05) is 44.2 Å². The Labute approximate surface area is 151 Å². The first-order valence-corrected chi connectivity index (χ1v) is 10.0. The lowest BCUT2D eigenvalue weighted by Crippen LogP contribution is -2.51. The van der Waals surface area contributed by atoms with Gasteiger partial charge in [-0.2, -0.15) is 0 Å². The molecular formula is C19H32N6. The number of hydrogen-bond donors (Lipinski definition) is 3. The first-order valence-electron chi connectivity index (χ1n) is 10.0. The van der Waals surface area contributed by atoms with Gasteiger partial charge in [-0.25, -0.2) is 9.97 Å². The van der Waals surface area contributed by atoms with Crippen LogP contribution < -0.4 is 21.3 Å². The number of anilines is 1. The zero-order valence-electron chi connectivity index (χ0n) is 15.5. The molecule has 0 spiro atoms. The van der Waals surface area contributed by atoms with Crippen molar-refractivity contribution in [2.24, 2.45) is 5.73 Å². The van der Waals surface area contributed by atoms with Gasteiger partial charge in [0.05, 0.1) is 11.2 Å². The molecule has 3 heterocycles. The average Bonchev–Trinajstić information content (AvgIpc) is 2.85. The number of hydrogen-bond acceptors (Lipinski definition) is 6. The first-order chi connectivity index (χ1) is 12.2. The Morgan fingerprint density at radius 1 is 1.16 bits per heavy atom. The number of rotatable bonds is 3. The number of aromatic nitrogens is 2. The molecule has 4 N–H and O–H groups in total. The lowest BCUT2D eigenvalue weighted by Gasteiger charge is -2.33. The van der Waals surface area contributed by atoms with Crippen LogP contribution in [-0.2, 0) is 18.5 Å². The molecule has 1 aromatic heterocycles. The van der Waals surface area contributed by atoms with E-state index in [0.717, 1.165) is 63.5 Å². The molecule has 1 saturated heterocycles. The van der Waals surface area contributed by atoms with Crippen LogP contribution in [0.3, 0.4) is 0 Å². The Balaban J connectivity index is 1.77. The van der Waals surface area contributed by atoms with Crippen molar-refractivity contribution in [3.63, 3.8) is 0 Å². The van der Waals surface area contributed by atoms with Crippen molar-refractivity contribution in [1.29, 1.82) is 0 Å². The molecule has 1 saturated carbocycles. The summed E-state index contributed by atoms with van der Waals surface area (Å²) in [7, 11) is 2.01.